The van der Waals surface area contributed by atoms with Gasteiger partial charge in [-0.2, -0.15) is 0 Å². The maximum absolute atomic E-state index is 11.6. The number of aromatic nitrogens is 1. The van der Waals surface area contributed by atoms with E-state index in [9.17, 15) is 18.0 Å². The van der Waals surface area contributed by atoms with Gasteiger partial charge in [0.25, 0.3) is 0 Å². The third-order valence-electron chi connectivity index (χ3n) is 2.16. The summed E-state index contributed by atoms with van der Waals surface area (Å²) in [6, 6.07) is 1.28. The Morgan fingerprint density at radius 1 is 1.45 bits per heavy atom. The average molecular weight is 301 g/mol. The van der Waals surface area contributed by atoms with Crippen molar-refractivity contribution in [3.63, 3.8) is 0 Å². The van der Waals surface area contributed by atoms with Crippen molar-refractivity contribution in [2.45, 2.75) is 25.2 Å². The highest BCUT2D eigenvalue weighted by Gasteiger charge is 2.19. The molecule has 0 aliphatic rings. The molecule has 0 aromatic carbocycles. The van der Waals surface area contributed by atoms with Crippen molar-refractivity contribution in [3.8, 4) is 0 Å². The number of sulfonamides is 1. The minimum Gasteiger partial charge on any atom is -0.466 e. The third-order valence-corrected chi connectivity index (χ3v) is 3.09. The molecule has 0 fully saturated rings. The number of amides is 1. The van der Waals surface area contributed by atoms with Crippen molar-refractivity contribution in [2.24, 2.45) is 5.14 Å². The van der Waals surface area contributed by atoms with Gasteiger partial charge >= 0.3 is 5.97 Å². The van der Waals surface area contributed by atoms with Crippen LogP contribution in [-0.2, 0) is 24.3 Å². The number of esters is 1. The van der Waals surface area contributed by atoms with Gasteiger partial charge in [0.1, 0.15) is 11.3 Å². The van der Waals surface area contributed by atoms with Crippen molar-refractivity contribution >= 4 is 27.7 Å². The number of nitrogens with two attached hydrogens (primary N) is 1. The van der Waals surface area contributed by atoms with Crippen LogP contribution in [0, 0.1) is 6.92 Å². The normalized spacial score (nSPS) is 10.9. The zero-order valence-electron chi connectivity index (χ0n) is 11.0. The lowest BCUT2D eigenvalue weighted by Crippen LogP contribution is -2.22. The van der Waals surface area contributed by atoms with Crippen molar-refractivity contribution in [2.75, 3.05) is 11.9 Å². The highest BCUT2D eigenvalue weighted by Crippen LogP contribution is 2.18. The molecule has 1 rings (SSSR count). The van der Waals surface area contributed by atoms with Gasteiger partial charge in [-0.15, -0.1) is 0 Å². The zero-order chi connectivity index (χ0) is 15.3. The summed E-state index contributed by atoms with van der Waals surface area (Å²) in [4.78, 5) is 26.2. The number of anilines is 1. The molecule has 0 bridgehead atoms. The number of ether oxygens (including phenoxy) is 1. The summed E-state index contributed by atoms with van der Waals surface area (Å²) in [5.74, 6) is -1.66. The molecular weight excluding hydrogens is 286 g/mol. The highest BCUT2D eigenvalue weighted by atomic mass is 32.2. The van der Waals surface area contributed by atoms with E-state index in [1.54, 1.807) is 13.8 Å². The minimum atomic E-state index is -4.03. The molecule has 110 valence electrons. The Morgan fingerprint density at radius 2 is 2.10 bits per heavy atom. The summed E-state index contributed by atoms with van der Waals surface area (Å²) in [5.41, 5.74) is 0.567. The third kappa shape index (κ3) is 4.59. The van der Waals surface area contributed by atoms with Gasteiger partial charge in [0.2, 0.25) is 15.9 Å². The lowest BCUT2D eigenvalue weighted by Gasteiger charge is -2.09. The standard InChI is InChI=1S/C11H15N3O5S/c1-3-19-10(16)5-9(15)14-11-8(20(12,17)18)4-7(2)6-13-11/h4,6H,3,5H2,1-2H3,(H2,12,17,18)(H,13,14,15). The molecule has 1 heterocycles. The quantitative estimate of drug-likeness (QED) is 0.578. The number of carbonyl (C=O) groups excluding carboxylic acids is 2. The van der Waals surface area contributed by atoms with E-state index in [4.69, 9.17) is 5.14 Å². The Kier molecular flexibility index (Phi) is 5.17. The predicted octanol–water partition coefficient (Wildman–Crippen LogP) is -0.0709. The molecule has 1 aromatic rings. The molecule has 0 saturated carbocycles. The molecule has 0 saturated heterocycles. The maximum Gasteiger partial charge on any atom is 0.315 e. The first-order chi connectivity index (χ1) is 9.24. The van der Waals surface area contributed by atoms with Crippen molar-refractivity contribution in [3.05, 3.63) is 17.8 Å². The molecular formula is C11H15N3O5S. The highest BCUT2D eigenvalue weighted by molar-refractivity contribution is 7.89. The second-order valence-corrected chi connectivity index (χ2v) is 5.46. The second-order valence-electron chi connectivity index (χ2n) is 3.93. The molecule has 0 unspecified atom stereocenters. The smallest absolute Gasteiger partial charge is 0.315 e. The van der Waals surface area contributed by atoms with Crippen LogP contribution in [0.5, 0.6) is 0 Å². The molecule has 9 heteroatoms. The van der Waals surface area contributed by atoms with Gasteiger partial charge in [-0.05, 0) is 25.5 Å². The molecule has 0 aliphatic heterocycles. The summed E-state index contributed by atoms with van der Waals surface area (Å²) in [6.45, 7) is 3.39. The van der Waals surface area contributed by atoms with E-state index in [1.165, 1.54) is 12.3 Å². The molecule has 0 spiro atoms. The average Bonchev–Trinajstić information content (AvgIpc) is 2.30. The lowest BCUT2D eigenvalue weighted by atomic mass is 10.3. The first-order valence-corrected chi connectivity index (χ1v) is 7.23. The Balaban J connectivity index is 2.93. The van der Waals surface area contributed by atoms with Crippen LogP contribution in [0.4, 0.5) is 5.82 Å². The summed E-state index contributed by atoms with van der Waals surface area (Å²) >= 11 is 0. The van der Waals surface area contributed by atoms with Crippen LogP contribution in [0.25, 0.3) is 0 Å². The van der Waals surface area contributed by atoms with Gasteiger partial charge in [-0.1, -0.05) is 0 Å². The maximum atomic E-state index is 11.6. The number of aryl methyl sites for hydroxylation is 1. The Hall–Kier alpha value is -2.00. The van der Waals surface area contributed by atoms with Crippen LogP contribution < -0.4 is 10.5 Å². The van der Waals surface area contributed by atoms with Crippen LogP contribution in [0.15, 0.2) is 17.2 Å². The Morgan fingerprint density at radius 3 is 2.65 bits per heavy atom. The second kappa shape index (κ2) is 6.44. The number of primary sulfonamides is 1. The van der Waals surface area contributed by atoms with Gasteiger partial charge < -0.3 is 10.1 Å². The van der Waals surface area contributed by atoms with Crippen molar-refractivity contribution in [1.29, 1.82) is 0 Å². The molecule has 0 atom stereocenters. The van der Waals surface area contributed by atoms with Crippen LogP contribution in [0.3, 0.4) is 0 Å². The van der Waals surface area contributed by atoms with E-state index >= 15 is 0 Å². The monoisotopic (exact) mass is 301 g/mol. The zero-order valence-corrected chi connectivity index (χ0v) is 11.9. The number of hydrogen-bond donors (Lipinski definition) is 2. The van der Waals surface area contributed by atoms with Crippen LogP contribution in [-0.4, -0.2) is 31.9 Å². The van der Waals surface area contributed by atoms with Gasteiger partial charge in [0.05, 0.1) is 6.61 Å². The number of nitrogens with one attached hydrogen (secondary N) is 1. The molecule has 3 N–H and O–H groups in total. The topological polar surface area (TPSA) is 128 Å². The number of pyridine rings is 1. The first-order valence-electron chi connectivity index (χ1n) is 5.69. The molecule has 1 aromatic heterocycles. The van der Waals surface area contributed by atoms with Crippen LogP contribution in [0.2, 0.25) is 0 Å². The van der Waals surface area contributed by atoms with Crippen LogP contribution in [0.1, 0.15) is 18.9 Å². The fourth-order valence-electron chi connectivity index (χ4n) is 1.37. The van der Waals surface area contributed by atoms with E-state index < -0.39 is 28.3 Å². The number of carbonyl (C=O) groups is 2. The molecule has 1 amide bonds. The molecule has 20 heavy (non-hydrogen) atoms. The van der Waals surface area contributed by atoms with Gasteiger partial charge in [0.15, 0.2) is 5.82 Å². The predicted molar refractivity (Wildman–Crippen MR) is 70.2 cm³/mol. The minimum absolute atomic E-state index is 0.150. The van der Waals surface area contributed by atoms with Gasteiger partial charge in [-0.25, -0.2) is 18.5 Å². The van der Waals surface area contributed by atoms with E-state index in [0.717, 1.165) is 0 Å². The summed E-state index contributed by atoms with van der Waals surface area (Å²) in [6.07, 6.45) is 0.835. The Bertz CT molecular complexity index is 627. The van der Waals surface area contributed by atoms with Crippen molar-refractivity contribution in [1.82, 2.24) is 4.98 Å². The number of rotatable bonds is 5. The number of hydrogen-bond acceptors (Lipinski definition) is 6. The summed E-state index contributed by atoms with van der Waals surface area (Å²) in [7, 11) is -4.03. The van der Waals surface area contributed by atoms with E-state index in [1.807, 2.05) is 0 Å². The summed E-state index contributed by atoms with van der Waals surface area (Å²) < 4.78 is 27.4. The van der Waals surface area contributed by atoms with Crippen LogP contribution >= 0.6 is 0 Å². The largest absolute Gasteiger partial charge is 0.466 e. The van der Waals surface area contributed by atoms with Gasteiger partial charge in [0, 0.05) is 6.20 Å². The molecule has 8 nitrogen and oxygen atoms in total. The number of nitrogens with zero attached hydrogens (tertiary/aromatic N) is 1. The van der Waals surface area contributed by atoms with E-state index in [0.29, 0.717) is 5.56 Å². The van der Waals surface area contributed by atoms with Gasteiger partial charge in [-0.3, -0.25) is 9.59 Å². The fourth-order valence-corrected chi connectivity index (χ4v) is 2.10. The first kappa shape index (κ1) is 16.1. The molecule has 0 aliphatic carbocycles. The van der Waals surface area contributed by atoms with E-state index in [-0.39, 0.29) is 17.3 Å². The fraction of sp³-hybridized carbons (Fsp3) is 0.364. The molecule has 0 radical (unpaired) electrons. The summed E-state index contributed by atoms with van der Waals surface area (Å²) in [5, 5.41) is 7.26. The SMILES string of the molecule is CCOC(=O)CC(=O)Nc1ncc(C)cc1S(N)(=O)=O. The lowest BCUT2D eigenvalue weighted by molar-refractivity contribution is -0.145. The van der Waals surface area contributed by atoms with Crippen molar-refractivity contribution < 1.29 is 22.7 Å². The Labute approximate surface area is 116 Å². The van der Waals surface area contributed by atoms with E-state index in [2.05, 4.69) is 15.0 Å².